The van der Waals surface area contributed by atoms with Crippen molar-refractivity contribution < 1.29 is 0 Å². The maximum atomic E-state index is 4.00. The summed E-state index contributed by atoms with van der Waals surface area (Å²) in [5.41, 5.74) is 0. The molecule has 0 aromatic heterocycles. The minimum Gasteiger partial charge on any atom is -0.124 e. The molecule has 3 aromatic rings. The van der Waals surface area contributed by atoms with Gasteiger partial charge < -0.3 is 0 Å². The Balaban J connectivity index is 0.000000457. The van der Waals surface area contributed by atoms with E-state index >= 15 is 0 Å². The van der Waals surface area contributed by atoms with Crippen molar-refractivity contribution in [3.05, 3.63) is 60.7 Å². The molecule has 0 amide bonds. The van der Waals surface area contributed by atoms with E-state index in [9.17, 15) is 0 Å². The molecule has 3 aromatic carbocycles. The third-order valence-corrected chi connectivity index (χ3v) is 2.65. The maximum Gasteiger partial charge on any atom is -0.0105 e. The molecule has 0 radical (unpaired) electrons. The van der Waals surface area contributed by atoms with Gasteiger partial charge in [-0.3, -0.25) is 0 Å². The first-order valence-corrected chi connectivity index (χ1v) is 5.15. The van der Waals surface area contributed by atoms with Crippen LogP contribution in [0.2, 0.25) is 0 Å². The summed E-state index contributed by atoms with van der Waals surface area (Å²) in [6, 6.07) is 21.4. The minimum absolute atomic E-state index is 1.31. The van der Waals surface area contributed by atoms with Crippen molar-refractivity contribution in [2.45, 2.75) is 0 Å². The lowest BCUT2D eigenvalue weighted by molar-refractivity contribution is 1.76. The predicted molar refractivity (Wildman–Crippen MR) is 71.3 cm³/mol. The number of rotatable bonds is 0. The number of terminal acetylenes is 1. The largest absolute Gasteiger partial charge is 0.124 e. The summed E-state index contributed by atoms with van der Waals surface area (Å²) in [4.78, 5) is 0. The van der Waals surface area contributed by atoms with E-state index in [0.717, 1.165) is 0 Å². The number of benzene rings is 3. The Morgan fingerprint density at radius 3 is 1.31 bits per heavy atom. The van der Waals surface area contributed by atoms with Crippen LogP contribution in [-0.4, -0.2) is 0 Å². The van der Waals surface area contributed by atoms with Gasteiger partial charge >= 0.3 is 0 Å². The summed E-state index contributed by atoms with van der Waals surface area (Å²) in [7, 11) is 0. The lowest BCUT2D eigenvalue weighted by atomic mass is 10.0. The number of hydrogen-bond acceptors (Lipinski definition) is 0. The molecule has 0 unspecified atom stereocenters. The zero-order valence-corrected chi connectivity index (χ0v) is 8.93. The highest BCUT2D eigenvalue weighted by Gasteiger charge is 1.97. The molecule has 76 valence electrons. The molecule has 0 aliphatic heterocycles. The Morgan fingerprint density at radius 2 is 0.875 bits per heavy atom. The van der Waals surface area contributed by atoms with Crippen molar-refractivity contribution in [3.63, 3.8) is 0 Å². The van der Waals surface area contributed by atoms with Gasteiger partial charge in [-0.2, -0.15) is 0 Å². The summed E-state index contributed by atoms with van der Waals surface area (Å²) < 4.78 is 0. The SMILES string of the molecule is C#C.c1ccc2c(c1)ccc1ccccc12. The van der Waals surface area contributed by atoms with Gasteiger partial charge in [-0.1, -0.05) is 60.7 Å². The standard InChI is InChI=1S/C14H10.C2H2/c1-3-7-13-11(5-1)9-10-12-6-2-4-8-14(12)13;1-2/h1-10H;1-2H. The van der Waals surface area contributed by atoms with E-state index in [1.165, 1.54) is 21.5 Å². The molecule has 3 rings (SSSR count). The second kappa shape index (κ2) is 4.51. The highest BCUT2D eigenvalue weighted by atomic mass is 14.0. The van der Waals surface area contributed by atoms with Gasteiger partial charge in [0.05, 0.1) is 0 Å². The molecule has 0 bridgehead atoms. The fourth-order valence-corrected chi connectivity index (χ4v) is 1.95. The molecule has 0 N–H and O–H groups in total. The number of hydrogen-bond donors (Lipinski definition) is 0. The van der Waals surface area contributed by atoms with E-state index in [1.807, 2.05) is 0 Å². The van der Waals surface area contributed by atoms with Gasteiger partial charge in [0.1, 0.15) is 0 Å². The van der Waals surface area contributed by atoms with Crippen LogP contribution in [0.15, 0.2) is 60.7 Å². The van der Waals surface area contributed by atoms with Crippen molar-refractivity contribution in [2.24, 2.45) is 0 Å². The normalized spacial score (nSPS) is 9.62. The molecule has 0 nitrogen and oxygen atoms in total. The van der Waals surface area contributed by atoms with Crippen LogP contribution in [0.4, 0.5) is 0 Å². The number of fused-ring (bicyclic) bond motifs is 3. The Morgan fingerprint density at radius 1 is 0.500 bits per heavy atom. The summed E-state index contributed by atoms with van der Waals surface area (Å²) in [6.45, 7) is 0. The average Bonchev–Trinajstić information content (AvgIpc) is 2.41. The molecule has 0 aliphatic rings. The third-order valence-electron chi connectivity index (χ3n) is 2.65. The summed E-state index contributed by atoms with van der Waals surface area (Å²) in [5.74, 6) is 0. The molecule has 0 saturated carbocycles. The van der Waals surface area contributed by atoms with Crippen LogP contribution in [0, 0.1) is 12.8 Å². The molecule has 0 fully saturated rings. The van der Waals surface area contributed by atoms with Crippen molar-refractivity contribution in [1.82, 2.24) is 0 Å². The topological polar surface area (TPSA) is 0 Å². The predicted octanol–water partition coefficient (Wildman–Crippen LogP) is 4.24. The van der Waals surface area contributed by atoms with E-state index < -0.39 is 0 Å². The van der Waals surface area contributed by atoms with Crippen LogP contribution in [0.25, 0.3) is 21.5 Å². The van der Waals surface area contributed by atoms with Gasteiger partial charge in [-0.05, 0) is 21.5 Å². The lowest BCUT2D eigenvalue weighted by Crippen LogP contribution is -1.75. The second-order valence-corrected chi connectivity index (χ2v) is 3.51. The Bertz CT molecular complexity index is 578. The van der Waals surface area contributed by atoms with Crippen LogP contribution in [-0.2, 0) is 0 Å². The van der Waals surface area contributed by atoms with E-state index in [-0.39, 0.29) is 0 Å². The highest BCUT2D eigenvalue weighted by molar-refractivity contribution is 6.07. The third kappa shape index (κ3) is 1.64. The summed E-state index contributed by atoms with van der Waals surface area (Å²) in [6.07, 6.45) is 8.00. The minimum atomic E-state index is 1.31. The Kier molecular flexibility index (Phi) is 2.89. The lowest BCUT2D eigenvalue weighted by Gasteiger charge is -2.02. The van der Waals surface area contributed by atoms with Crippen molar-refractivity contribution in [1.29, 1.82) is 0 Å². The molecule has 0 heterocycles. The summed E-state index contributed by atoms with van der Waals surface area (Å²) in [5, 5.41) is 5.30. The van der Waals surface area contributed by atoms with E-state index in [1.54, 1.807) is 0 Å². The van der Waals surface area contributed by atoms with Crippen LogP contribution in [0.3, 0.4) is 0 Å². The van der Waals surface area contributed by atoms with Gasteiger partial charge in [-0.25, -0.2) is 0 Å². The van der Waals surface area contributed by atoms with E-state index in [2.05, 4.69) is 73.5 Å². The van der Waals surface area contributed by atoms with Gasteiger partial charge in [-0.15, -0.1) is 12.8 Å². The molecule has 0 saturated heterocycles. The molecule has 16 heavy (non-hydrogen) atoms. The van der Waals surface area contributed by atoms with Gasteiger partial charge in [0.15, 0.2) is 0 Å². The van der Waals surface area contributed by atoms with E-state index in [4.69, 9.17) is 0 Å². The highest BCUT2D eigenvalue weighted by Crippen LogP contribution is 2.24. The maximum absolute atomic E-state index is 4.00. The molecule has 0 spiro atoms. The fraction of sp³-hybridized carbons (Fsp3) is 0. The van der Waals surface area contributed by atoms with Gasteiger partial charge in [0, 0.05) is 0 Å². The molecular weight excluding hydrogens is 192 g/mol. The molecule has 0 aliphatic carbocycles. The van der Waals surface area contributed by atoms with Crippen molar-refractivity contribution >= 4 is 21.5 Å². The zero-order chi connectivity index (χ0) is 11.4. The first-order chi connectivity index (χ1) is 7.95. The van der Waals surface area contributed by atoms with Crippen LogP contribution >= 0.6 is 0 Å². The second-order valence-electron chi connectivity index (χ2n) is 3.51. The average molecular weight is 204 g/mol. The molecule has 0 heteroatoms. The Hall–Kier alpha value is -2.26. The zero-order valence-electron chi connectivity index (χ0n) is 8.93. The van der Waals surface area contributed by atoms with Crippen molar-refractivity contribution in [3.8, 4) is 12.8 Å². The molecule has 0 atom stereocenters. The van der Waals surface area contributed by atoms with E-state index in [0.29, 0.717) is 0 Å². The van der Waals surface area contributed by atoms with Gasteiger partial charge in [0.25, 0.3) is 0 Å². The monoisotopic (exact) mass is 204 g/mol. The van der Waals surface area contributed by atoms with Crippen molar-refractivity contribution in [2.75, 3.05) is 0 Å². The quantitative estimate of drug-likeness (QED) is 0.379. The summed E-state index contributed by atoms with van der Waals surface area (Å²) >= 11 is 0. The van der Waals surface area contributed by atoms with Crippen LogP contribution in [0.1, 0.15) is 0 Å². The van der Waals surface area contributed by atoms with Gasteiger partial charge in [0.2, 0.25) is 0 Å². The van der Waals surface area contributed by atoms with Crippen LogP contribution in [0.5, 0.6) is 0 Å². The fourth-order valence-electron chi connectivity index (χ4n) is 1.95. The van der Waals surface area contributed by atoms with Crippen LogP contribution < -0.4 is 0 Å². The first kappa shape index (κ1) is 10.3. The first-order valence-electron chi connectivity index (χ1n) is 5.15. The smallest absolute Gasteiger partial charge is 0.0105 e. The molecular formula is C16H12. The Labute approximate surface area is 95.5 Å².